The lowest BCUT2D eigenvalue weighted by Gasteiger charge is -2.32. The van der Waals surface area contributed by atoms with Crippen LogP contribution in [0.3, 0.4) is 0 Å². The number of ether oxygens (including phenoxy) is 2. The third-order valence-electron chi connectivity index (χ3n) is 2.06. The van der Waals surface area contributed by atoms with Gasteiger partial charge in [0.25, 0.3) is 0 Å². The molecule has 0 heterocycles. The van der Waals surface area contributed by atoms with Crippen molar-refractivity contribution < 1.29 is 14.3 Å². The maximum Gasteiger partial charge on any atom is 0.508 e. The summed E-state index contributed by atoms with van der Waals surface area (Å²) in [6.07, 6.45) is 1.97. The zero-order valence-corrected chi connectivity index (χ0v) is 10.4. The maximum absolute atomic E-state index is 11.2. The highest BCUT2D eigenvalue weighted by Gasteiger charge is 2.30. The molecule has 0 amide bonds. The van der Waals surface area contributed by atoms with Crippen molar-refractivity contribution in [3.63, 3.8) is 0 Å². The summed E-state index contributed by atoms with van der Waals surface area (Å²) >= 11 is 0. The minimum Gasteiger partial charge on any atom is -0.435 e. The van der Waals surface area contributed by atoms with Gasteiger partial charge >= 0.3 is 6.16 Å². The number of rotatable bonds is 5. The summed E-state index contributed by atoms with van der Waals surface area (Å²) in [6, 6.07) is 0. The van der Waals surface area contributed by atoms with Gasteiger partial charge in [0.1, 0.15) is 5.60 Å². The van der Waals surface area contributed by atoms with Gasteiger partial charge in [0.05, 0.1) is 6.61 Å². The van der Waals surface area contributed by atoms with Gasteiger partial charge in [0, 0.05) is 0 Å². The second-order valence-corrected chi connectivity index (χ2v) is 4.91. The van der Waals surface area contributed by atoms with Crippen molar-refractivity contribution in [3.05, 3.63) is 12.7 Å². The molecular formula is C12H22O3. The molecule has 0 rings (SSSR count). The number of carbonyl (C=O) groups is 1. The van der Waals surface area contributed by atoms with Crippen LogP contribution in [0.2, 0.25) is 0 Å². The van der Waals surface area contributed by atoms with Crippen LogP contribution in [0.15, 0.2) is 12.7 Å². The first kappa shape index (κ1) is 14.0. The van der Waals surface area contributed by atoms with Gasteiger partial charge in [-0.15, -0.1) is 6.58 Å². The molecule has 0 bridgehead atoms. The average Bonchev–Trinajstić information content (AvgIpc) is 2.01. The lowest BCUT2D eigenvalue weighted by Crippen LogP contribution is -2.33. The van der Waals surface area contributed by atoms with Gasteiger partial charge in [-0.2, -0.15) is 0 Å². The molecule has 0 N–H and O–H groups in total. The Hall–Kier alpha value is -0.990. The van der Waals surface area contributed by atoms with Crippen molar-refractivity contribution >= 4 is 6.16 Å². The molecule has 0 atom stereocenters. The van der Waals surface area contributed by atoms with E-state index in [2.05, 4.69) is 20.4 Å². The summed E-state index contributed by atoms with van der Waals surface area (Å²) in [6.45, 7) is 13.7. The quantitative estimate of drug-likeness (QED) is 0.518. The fraction of sp³-hybridized carbons (Fsp3) is 0.750. The number of allylic oxidation sites excluding steroid dienone is 1. The molecule has 3 heteroatoms. The molecule has 0 saturated carbocycles. The summed E-state index contributed by atoms with van der Waals surface area (Å²) in [5, 5.41) is 0. The molecular weight excluding hydrogens is 192 g/mol. The summed E-state index contributed by atoms with van der Waals surface area (Å²) in [4.78, 5) is 11.2. The molecule has 0 fully saturated rings. The van der Waals surface area contributed by atoms with Crippen LogP contribution >= 0.6 is 0 Å². The van der Waals surface area contributed by atoms with Crippen LogP contribution in [-0.4, -0.2) is 18.4 Å². The van der Waals surface area contributed by atoms with Crippen molar-refractivity contribution in [1.82, 2.24) is 0 Å². The monoisotopic (exact) mass is 214 g/mol. The molecule has 0 aromatic heterocycles. The van der Waals surface area contributed by atoms with E-state index in [1.165, 1.54) is 0 Å². The Morgan fingerprint density at radius 2 is 1.87 bits per heavy atom. The van der Waals surface area contributed by atoms with Crippen LogP contribution in [-0.2, 0) is 9.47 Å². The third-order valence-corrected chi connectivity index (χ3v) is 2.06. The van der Waals surface area contributed by atoms with Crippen LogP contribution in [0.25, 0.3) is 0 Å². The van der Waals surface area contributed by atoms with Crippen LogP contribution in [0.5, 0.6) is 0 Å². The third kappa shape index (κ3) is 6.15. The zero-order valence-electron chi connectivity index (χ0n) is 10.4. The van der Waals surface area contributed by atoms with Crippen molar-refractivity contribution in [2.45, 2.75) is 46.6 Å². The highest BCUT2D eigenvalue weighted by atomic mass is 16.7. The molecule has 15 heavy (non-hydrogen) atoms. The first-order valence-corrected chi connectivity index (χ1v) is 5.22. The summed E-state index contributed by atoms with van der Waals surface area (Å²) in [5.41, 5.74) is -0.597. The first-order valence-electron chi connectivity index (χ1n) is 5.22. The van der Waals surface area contributed by atoms with Crippen molar-refractivity contribution in [3.8, 4) is 0 Å². The highest BCUT2D eigenvalue weighted by molar-refractivity contribution is 5.60. The van der Waals surface area contributed by atoms with Gasteiger partial charge in [-0.1, -0.05) is 19.9 Å². The van der Waals surface area contributed by atoms with E-state index in [9.17, 15) is 4.79 Å². The average molecular weight is 214 g/mol. The lowest BCUT2D eigenvalue weighted by molar-refractivity contribution is -0.0297. The van der Waals surface area contributed by atoms with Crippen molar-refractivity contribution in [1.29, 1.82) is 0 Å². The number of hydrogen-bond acceptors (Lipinski definition) is 3. The molecule has 0 aliphatic rings. The Balaban J connectivity index is 4.30. The lowest BCUT2D eigenvalue weighted by atomic mass is 9.82. The predicted molar refractivity (Wildman–Crippen MR) is 60.8 cm³/mol. The molecule has 0 aliphatic carbocycles. The highest BCUT2D eigenvalue weighted by Crippen LogP contribution is 2.31. The summed E-state index contributed by atoms with van der Waals surface area (Å²) in [5.74, 6) is 0. The van der Waals surface area contributed by atoms with E-state index < -0.39 is 11.8 Å². The smallest absolute Gasteiger partial charge is 0.435 e. The van der Waals surface area contributed by atoms with Crippen molar-refractivity contribution in [2.24, 2.45) is 5.41 Å². The van der Waals surface area contributed by atoms with E-state index in [4.69, 9.17) is 9.47 Å². The van der Waals surface area contributed by atoms with Gasteiger partial charge in [-0.25, -0.2) is 4.79 Å². The van der Waals surface area contributed by atoms with Crippen LogP contribution in [0.4, 0.5) is 4.79 Å². The zero-order chi connectivity index (χ0) is 12.1. The first-order chi connectivity index (χ1) is 6.72. The second-order valence-electron chi connectivity index (χ2n) is 4.91. The van der Waals surface area contributed by atoms with E-state index >= 15 is 0 Å². The number of hydrogen-bond donors (Lipinski definition) is 0. The molecule has 88 valence electrons. The van der Waals surface area contributed by atoms with Crippen molar-refractivity contribution in [2.75, 3.05) is 6.61 Å². The molecule has 3 nitrogen and oxygen atoms in total. The normalized spacial score (nSPS) is 12.1. The minimum absolute atomic E-state index is 0.0595. The SMILES string of the molecule is C=CC(C)(C)CC(C)(C)OC(=O)OCC. The largest absolute Gasteiger partial charge is 0.508 e. The second kappa shape index (κ2) is 5.19. The Morgan fingerprint density at radius 3 is 2.27 bits per heavy atom. The van der Waals surface area contributed by atoms with E-state index in [0.717, 1.165) is 0 Å². The summed E-state index contributed by atoms with van der Waals surface area (Å²) < 4.78 is 9.95. The molecule has 0 radical (unpaired) electrons. The van der Waals surface area contributed by atoms with E-state index in [-0.39, 0.29) is 5.41 Å². The minimum atomic E-state index is -0.609. The molecule has 0 aliphatic heterocycles. The van der Waals surface area contributed by atoms with Gasteiger partial charge in [0.2, 0.25) is 0 Å². The van der Waals surface area contributed by atoms with E-state index in [1.54, 1.807) is 6.92 Å². The van der Waals surface area contributed by atoms with Gasteiger partial charge in [0.15, 0.2) is 0 Å². The fourth-order valence-electron chi connectivity index (χ4n) is 1.58. The number of carbonyl (C=O) groups excluding carboxylic acids is 1. The Labute approximate surface area is 92.5 Å². The van der Waals surface area contributed by atoms with Gasteiger partial charge < -0.3 is 9.47 Å². The van der Waals surface area contributed by atoms with Crippen LogP contribution < -0.4 is 0 Å². The molecule has 0 unspecified atom stereocenters. The Kier molecular flexibility index (Phi) is 4.85. The topological polar surface area (TPSA) is 35.5 Å². The standard InChI is InChI=1S/C12H22O3/c1-7-11(3,4)9-12(5,6)15-10(13)14-8-2/h7H,1,8-9H2,2-6H3. The molecule has 0 aromatic carbocycles. The van der Waals surface area contributed by atoms with E-state index in [1.807, 2.05) is 19.9 Å². The van der Waals surface area contributed by atoms with E-state index in [0.29, 0.717) is 13.0 Å². The Morgan fingerprint density at radius 1 is 1.33 bits per heavy atom. The van der Waals surface area contributed by atoms with Gasteiger partial charge in [-0.3, -0.25) is 0 Å². The molecule has 0 saturated heterocycles. The maximum atomic E-state index is 11.2. The predicted octanol–water partition coefficient (Wildman–Crippen LogP) is 3.54. The Bertz CT molecular complexity index is 229. The molecule has 0 aromatic rings. The summed E-state index contributed by atoms with van der Waals surface area (Å²) in [7, 11) is 0. The van der Waals surface area contributed by atoms with Crippen LogP contribution in [0.1, 0.15) is 41.0 Å². The fourth-order valence-corrected chi connectivity index (χ4v) is 1.58. The van der Waals surface area contributed by atoms with Gasteiger partial charge in [-0.05, 0) is 32.6 Å². The molecule has 0 spiro atoms. The van der Waals surface area contributed by atoms with Crippen LogP contribution in [0, 0.1) is 5.41 Å².